The molecule has 9 heteroatoms. The topological polar surface area (TPSA) is 113 Å². The van der Waals surface area contributed by atoms with E-state index in [2.05, 4.69) is 10.3 Å². The van der Waals surface area contributed by atoms with Crippen LogP contribution in [0.5, 0.6) is 11.5 Å². The fourth-order valence-corrected chi connectivity index (χ4v) is 4.11. The number of aromatic nitrogens is 1. The largest absolute Gasteiger partial charge is 0.493 e. The molecule has 0 radical (unpaired) electrons. The average Bonchev–Trinajstić information content (AvgIpc) is 2.91. The van der Waals surface area contributed by atoms with E-state index in [1.165, 1.54) is 13.2 Å². The smallest absolute Gasteiger partial charge is 0.340 e. The van der Waals surface area contributed by atoms with E-state index in [1.807, 2.05) is 0 Å². The quantitative estimate of drug-likeness (QED) is 0.273. The number of benzene rings is 2. The van der Waals surface area contributed by atoms with Crippen molar-refractivity contribution in [3.8, 4) is 22.6 Å². The second-order valence-electron chi connectivity index (χ2n) is 8.37. The Balaban J connectivity index is 2.00. The van der Waals surface area contributed by atoms with Gasteiger partial charge in [-0.2, -0.15) is 0 Å². The van der Waals surface area contributed by atoms with Crippen LogP contribution in [0.25, 0.3) is 17.2 Å². The van der Waals surface area contributed by atoms with Crippen LogP contribution in [0.1, 0.15) is 51.5 Å². The SMILES string of the molecule is CCOC(=O)c1c(C)nc(C)c(C(=O)OCC)c1-c1cccc(NC(=O)/C=C/c2ccc(OC)c(OC)c2)c1. The number of hydrogen-bond donors (Lipinski definition) is 1. The first-order valence-electron chi connectivity index (χ1n) is 12.4. The van der Waals surface area contributed by atoms with Crippen molar-refractivity contribution in [2.24, 2.45) is 0 Å². The lowest BCUT2D eigenvalue weighted by Crippen LogP contribution is -2.17. The zero-order chi connectivity index (χ0) is 28.5. The van der Waals surface area contributed by atoms with Crippen LogP contribution in [0.15, 0.2) is 48.5 Å². The summed E-state index contributed by atoms with van der Waals surface area (Å²) in [4.78, 5) is 43.1. The molecule has 0 aliphatic rings. The molecule has 0 spiro atoms. The Labute approximate surface area is 227 Å². The molecule has 0 bridgehead atoms. The summed E-state index contributed by atoms with van der Waals surface area (Å²) in [6, 6.07) is 12.2. The second kappa shape index (κ2) is 13.2. The minimum atomic E-state index is -0.602. The van der Waals surface area contributed by atoms with Gasteiger partial charge >= 0.3 is 11.9 Å². The van der Waals surface area contributed by atoms with Crippen LogP contribution in [-0.4, -0.2) is 50.3 Å². The van der Waals surface area contributed by atoms with Crippen LogP contribution in [-0.2, 0) is 14.3 Å². The van der Waals surface area contributed by atoms with Gasteiger partial charge in [-0.1, -0.05) is 18.2 Å². The number of hydrogen-bond acceptors (Lipinski definition) is 8. The van der Waals surface area contributed by atoms with Crippen LogP contribution >= 0.6 is 0 Å². The number of rotatable bonds is 10. The molecule has 1 heterocycles. The van der Waals surface area contributed by atoms with E-state index in [-0.39, 0.29) is 30.2 Å². The van der Waals surface area contributed by atoms with Crippen LogP contribution in [0.4, 0.5) is 5.69 Å². The maximum Gasteiger partial charge on any atom is 0.340 e. The highest BCUT2D eigenvalue weighted by molar-refractivity contribution is 6.08. The van der Waals surface area contributed by atoms with Crippen LogP contribution < -0.4 is 14.8 Å². The summed E-state index contributed by atoms with van der Waals surface area (Å²) >= 11 is 0. The summed E-state index contributed by atoms with van der Waals surface area (Å²) in [5.74, 6) is -0.446. The molecular formula is C30H32N2O7. The van der Waals surface area contributed by atoms with Crippen molar-refractivity contribution in [2.75, 3.05) is 32.8 Å². The molecule has 0 aliphatic carbocycles. The van der Waals surface area contributed by atoms with Crippen molar-refractivity contribution >= 4 is 29.6 Å². The van der Waals surface area contributed by atoms with Crippen molar-refractivity contribution in [1.29, 1.82) is 0 Å². The average molecular weight is 533 g/mol. The third-order valence-corrected chi connectivity index (χ3v) is 5.77. The number of methoxy groups -OCH3 is 2. The van der Waals surface area contributed by atoms with E-state index >= 15 is 0 Å². The molecule has 39 heavy (non-hydrogen) atoms. The zero-order valence-corrected chi connectivity index (χ0v) is 22.9. The van der Waals surface area contributed by atoms with Gasteiger partial charge in [0.1, 0.15) is 0 Å². The number of nitrogens with one attached hydrogen (secondary N) is 1. The number of esters is 2. The summed E-state index contributed by atoms with van der Waals surface area (Å²) in [5.41, 5.74) is 3.25. The number of anilines is 1. The molecular weight excluding hydrogens is 500 g/mol. The lowest BCUT2D eigenvalue weighted by molar-refractivity contribution is -0.111. The zero-order valence-electron chi connectivity index (χ0n) is 22.9. The molecule has 2 aromatic carbocycles. The van der Waals surface area contributed by atoms with Crippen LogP contribution in [0.2, 0.25) is 0 Å². The molecule has 1 amide bonds. The van der Waals surface area contributed by atoms with E-state index in [4.69, 9.17) is 18.9 Å². The summed E-state index contributed by atoms with van der Waals surface area (Å²) in [5, 5.41) is 2.82. The van der Waals surface area contributed by atoms with Gasteiger partial charge in [0.15, 0.2) is 11.5 Å². The summed E-state index contributed by atoms with van der Waals surface area (Å²) < 4.78 is 21.1. The first-order valence-corrected chi connectivity index (χ1v) is 12.4. The van der Waals surface area contributed by atoms with Gasteiger partial charge in [0.25, 0.3) is 0 Å². The van der Waals surface area contributed by atoms with Crippen molar-refractivity contribution in [2.45, 2.75) is 27.7 Å². The maximum atomic E-state index is 13.0. The molecule has 9 nitrogen and oxygen atoms in total. The molecule has 0 saturated carbocycles. The molecule has 0 saturated heterocycles. The highest BCUT2D eigenvalue weighted by atomic mass is 16.5. The number of carbonyl (C=O) groups is 3. The Bertz CT molecular complexity index is 1370. The van der Waals surface area contributed by atoms with E-state index in [1.54, 1.807) is 83.3 Å². The van der Waals surface area contributed by atoms with Gasteiger partial charge in [-0.25, -0.2) is 9.59 Å². The standard InChI is InChI=1S/C30H32N2O7/c1-7-38-29(34)26-18(3)31-19(4)27(30(35)39-8-2)28(26)21-10-9-11-22(17-21)32-25(33)15-13-20-12-14-23(36-5)24(16-20)37-6/h9-17H,7-8H2,1-6H3,(H,32,33)/b15-13+. The van der Waals surface area contributed by atoms with Gasteiger partial charge < -0.3 is 24.3 Å². The predicted molar refractivity (Wildman–Crippen MR) is 148 cm³/mol. The van der Waals surface area contributed by atoms with Crippen molar-refractivity contribution in [3.05, 3.63) is 76.6 Å². The molecule has 1 aromatic heterocycles. The number of carbonyl (C=O) groups excluding carboxylic acids is 3. The second-order valence-corrected chi connectivity index (χ2v) is 8.37. The molecule has 0 atom stereocenters. The third-order valence-electron chi connectivity index (χ3n) is 5.77. The molecule has 0 fully saturated rings. The Hall–Kier alpha value is -4.66. The lowest BCUT2D eigenvalue weighted by Gasteiger charge is -2.18. The van der Waals surface area contributed by atoms with Gasteiger partial charge in [0, 0.05) is 17.3 Å². The van der Waals surface area contributed by atoms with E-state index < -0.39 is 11.9 Å². The number of nitrogens with zero attached hydrogens (tertiary/aromatic N) is 1. The minimum Gasteiger partial charge on any atom is -0.493 e. The first-order chi connectivity index (χ1) is 18.7. The number of pyridine rings is 1. The molecule has 3 rings (SSSR count). The minimum absolute atomic E-state index is 0.156. The number of aryl methyl sites for hydroxylation is 2. The fourth-order valence-electron chi connectivity index (χ4n) is 4.11. The molecule has 3 aromatic rings. The van der Waals surface area contributed by atoms with Crippen LogP contribution in [0.3, 0.4) is 0 Å². The Morgan fingerprint density at radius 3 is 2.03 bits per heavy atom. The van der Waals surface area contributed by atoms with Crippen LogP contribution in [0, 0.1) is 13.8 Å². The normalized spacial score (nSPS) is 10.7. The van der Waals surface area contributed by atoms with Gasteiger partial charge in [0.05, 0.1) is 49.9 Å². The Morgan fingerprint density at radius 2 is 1.46 bits per heavy atom. The Kier molecular flexibility index (Phi) is 9.80. The molecule has 1 N–H and O–H groups in total. The van der Waals surface area contributed by atoms with Gasteiger partial charge in [-0.3, -0.25) is 9.78 Å². The summed E-state index contributed by atoms with van der Waals surface area (Å²) in [6.07, 6.45) is 3.04. The highest BCUT2D eigenvalue weighted by Gasteiger charge is 2.28. The maximum absolute atomic E-state index is 13.0. The lowest BCUT2D eigenvalue weighted by atomic mass is 9.92. The highest BCUT2D eigenvalue weighted by Crippen LogP contribution is 2.34. The van der Waals surface area contributed by atoms with Crippen molar-refractivity contribution < 1.29 is 33.3 Å². The molecule has 204 valence electrons. The monoisotopic (exact) mass is 532 g/mol. The van der Waals surface area contributed by atoms with Gasteiger partial charge in [-0.15, -0.1) is 0 Å². The fraction of sp³-hybridized carbons (Fsp3) is 0.267. The number of amides is 1. The summed E-state index contributed by atoms with van der Waals surface area (Å²) in [7, 11) is 3.09. The van der Waals surface area contributed by atoms with Crippen molar-refractivity contribution in [1.82, 2.24) is 4.98 Å². The van der Waals surface area contributed by atoms with Gasteiger partial charge in [-0.05, 0) is 69.2 Å². The first kappa shape index (κ1) is 28.9. The Morgan fingerprint density at radius 1 is 0.846 bits per heavy atom. The van der Waals surface area contributed by atoms with E-state index in [0.29, 0.717) is 39.7 Å². The number of ether oxygens (including phenoxy) is 4. The predicted octanol–water partition coefficient (Wildman–Crippen LogP) is 5.39. The van der Waals surface area contributed by atoms with Gasteiger partial charge in [0.2, 0.25) is 5.91 Å². The van der Waals surface area contributed by atoms with E-state index in [9.17, 15) is 14.4 Å². The summed E-state index contributed by atoms with van der Waals surface area (Å²) in [6.45, 7) is 7.08. The molecule has 0 aliphatic heterocycles. The van der Waals surface area contributed by atoms with E-state index in [0.717, 1.165) is 5.56 Å². The third kappa shape index (κ3) is 6.81. The molecule has 0 unspecified atom stereocenters. The van der Waals surface area contributed by atoms with Crippen molar-refractivity contribution in [3.63, 3.8) is 0 Å².